The van der Waals surface area contributed by atoms with Crippen LogP contribution in [-0.2, 0) is 0 Å². The summed E-state index contributed by atoms with van der Waals surface area (Å²) in [6, 6.07) is -4.65. The van der Waals surface area contributed by atoms with Crippen LogP contribution < -0.4 is 42.5 Å². The van der Waals surface area contributed by atoms with Crippen LogP contribution in [0.1, 0.15) is 82.9 Å². The molecular formula is C49H49I12N8NaO20. The number of carbonyl (C=O) groups is 8. The van der Waals surface area contributed by atoms with E-state index < -0.39 is 179 Å². The molecule has 4 rings (SSSR count). The Morgan fingerprint density at radius 3 is 0.533 bits per heavy atom. The Kier molecular flexibility index (Phi) is 37.4. The summed E-state index contributed by atoms with van der Waals surface area (Å²) in [6.07, 6.45) is 0. The maximum absolute atomic E-state index is 14.9. The standard InChI is InChI=1S/C49H48I12N8O20.Na.H/c50-25-17(29(54)37(78)33(58)21(25)45(86)66-13(1-70)2-71)41(82)62-9-49(10-63-42(83)18-26(51)22(34(59)38(79)30(18)55)46(87)67-14(3-72)4-73,11-64-43(84)19-27(52)23(35(60)39(80)31(19)56)47(88)68-15(5-74)6-75)12-65-44(85)20-28(53)24(36(61)40(81)32(20)57)48(89)69-16(7-76)8-77;;/h13-16,70-81H,1-12H2,(H,62,82)(H,63,83)(H,64,84)(H,65,85)(H,66,86)(H,67,87)(H,68,88)(H,69,89);;. The topological polar surface area (TPSA) is 476 Å². The molecule has 0 atom stereocenters. The van der Waals surface area contributed by atoms with Crippen LogP contribution in [0.4, 0.5) is 0 Å². The molecule has 0 spiro atoms. The van der Waals surface area contributed by atoms with Gasteiger partial charge in [-0.2, -0.15) is 0 Å². The molecule has 41 heteroatoms. The first kappa shape index (κ1) is 85.5. The number of phenols is 4. The molecule has 4 aromatic rings. The number of halogens is 12. The van der Waals surface area contributed by atoms with Gasteiger partial charge < -0.3 is 104 Å². The van der Waals surface area contributed by atoms with E-state index in [9.17, 15) is 99.6 Å². The van der Waals surface area contributed by atoms with Gasteiger partial charge in [-0.25, -0.2) is 0 Å². The molecule has 4 aromatic carbocycles. The third-order valence-electron chi connectivity index (χ3n) is 12.6. The van der Waals surface area contributed by atoms with Gasteiger partial charge in [0.05, 0.1) is 150 Å². The summed E-state index contributed by atoms with van der Waals surface area (Å²) < 4.78 is -0.670. The minimum absolute atomic E-state index is 0. The van der Waals surface area contributed by atoms with Crippen molar-refractivity contribution in [3.8, 4) is 23.0 Å². The molecule has 0 saturated heterocycles. The van der Waals surface area contributed by atoms with Crippen LogP contribution in [0.5, 0.6) is 23.0 Å². The van der Waals surface area contributed by atoms with E-state index in [-0.39, 0.29) is 117 Å². The van der Waals surface area contributed by atoms with Crippen LogP contribution in [0.2, 0.25) is 0 Å². The van der Waals surface area contributed by atoms with E-state index in [1.165, 1.54) is 0 Å². The van der Waals surface area contributed by atoms with Gasteiger partial charge in [-0.15, -0.1) is 0 Å². The molecule has 0 radical (unpaired) electrons. The van der Waals surface area contributed by atoms with Gasteiger partial charge in [0.1, 0.15) is 23.0 Å². The summed E-state index contributed by atoms with van der Waals surface area (Å²) >= 11 is 20.1. The first-order valence-corrected chi connectivity index (χ1v) is 37.5. The van der Waals surface area contributed by atoms with Crippen molar-refractivity contribution >= 4 is 348 Å². The van der Waals surface area contributed by atoms with Crippen LogP contribution >= 0.6 is 271 Å². The molecule has 490 valence electrons. The third-order valence-corrected chi connectivity index (χ3v) is 25.3. The number of benzene rings is 4. The summed E-state index contributed by atoms with van der Waals surface area (Å²) in [4.78, 5) is 115. The van der Waals surface area contributed by atoms with Gasteiger partial charge in [0.15, 0.2) is 0 Å². The molecule has 0 saturated carbocycles. The van der Waals surface area contributed by atoms with E-state index in [0.29, 0.717) is 0 Å². The number of aliphatic hydroxyl groups excluding tert-OH is 8. The van der Waals surface area contributed by atoms with Crippen LogP contribution in [0.15, 0.2) is 0 Å². The Balaban J connectivity index is 0.0000212. The molecule has 0 aliphatic carbocycles. The second kappa shape index (κ2) is 39.3. The normalized spacial score (nSPS) is 11.4. The Morgan fingerprint density at radius 1 is 0.267 bits per heavy atom. The first-order chi connectivity index (χ1) is 41.8. The molecule has 90 heavy (non-hydrogen) atoms. The van der Waals surface area contributed by atoms with Crippen LogP contribution in [-0.4, -0.2) is 241 Å². The average molecular weight is 2620 g/mol. The number of hydrogen-bond acceptors (Lipinski definition) is 20. The summed E-state index contributed by atoms with van der Waals surface area (Å²) in [5.74, 6) is -9.85. The Morgan fingerprint density at radius 2 is 0.400 bits per heavy atom. The molecule has 0 heterocycles. The van der Waals surface area contributed by atoms with E-state index in [1.54, 1.807) is 271 Å². The number of aliphatic hydroxyl groups is 8. The number of amides is 8. The third kappa shape index (κ3) is 20.3. The van der Waals surface area contributed by atoms with E-state index in [1.807, 2.05) is 0 Å². The van der Waals surface area contributed by atoms with Crippen molar-refractivity contribution in [1.29, 1.82) is 0 Å². The van der Waals surface area contributed by atoms with E-state index in [4.69, 9.17) is 0 Å². The molecule has 28 nitrogen and oxygen atoms in total. The zero-order valence-electron chi connectivity index (χ0n) is 44.5. The van der Waals surface area contributed by atoms with E-state index in [0.717, 1.165) is 0 Å². The van der Waals surface area contributed by atoms with Gasteiger partial charge in [0.2, 0.25) is 0 Å². The molecule has 0 aliphatic rings. The molecular weight excluding hydrogens is 2570 g/mol. The summed E-state index contributed by atoms with van der Waals surface area (Å²) in [7, 11) is 0. The van der Waals surface area contributed by atoms with Crippen LogP contribution in [0.25, 0.3) is 0 Å². The van der Waals surface area contributed by atoms with Gasteiger partial charge >= 0.3 is 29.6 Å². The van der Waals surface area contributed by atoms with Crippen molar-refractivity contribution in [3.63, 3.8) is 0 Å². The monoisotopic (exact) mass is 2620 g/mol. The average Bonchev–Trinajstić information content (AvgIpc) is 0.812. The fraction of sp³-hybridized carbons (Fsp3) is 0.347. The predicted molar refractivity (Wildman–Crippen MR) is 426 cm³/mol. The van der Waals surface area contributed by atoms with Crippen molar-refractivity contribution in [2.24, 2.45) is 5.41 Å². The molecule has 0 aliphatic heterocycles. The van der Waals surface area contributed by atoms with Crippen molar-refractivity contribution in [1.82, 2.24) is 42.5 Å². The first-order valence-electron chi connectivity index (χ1n) is 24.6. The number of carbonyl (C=O) groups excluding carboxylic acids is 8. The van der Waals surface area contributed by atoms with Gasteiger partial charge in [-0.1, -0.05) is 0 Å². The molecule has 0 unspecified atom stereocenters. The van der Waals surface area contributed by atoms with Crippen molar-refractivity contribution in [2.45, 2.75) is 24.2 Å². The molecule has 0 aromatic heterocycles. The van der Waals surface area contributed by atoms with Crippen LogP contribution in [0.3, 0.4) is 0 Å². The summed E-state index contributed by atoms with van der Waals surface area (Å²) in [5, 5.41) is 144. The summed E-state index contributed by atoms with van der Waals surface area (Å²) in [6.45, 7) is -8.41. The number of hydrogen-bond donors (Lipinski definition) is 20. The second-order valence-electron chi connectivity index (χ2n) is 18.5. The zero-order chi connectivity index (χ0) is 67.4. The fourth-order valence-electron chi connectivity index (χ4n) is 7.62. The molecule has 8 amide bonds. The molecule has 0 fully saturated rings. The van der Waals surface area contributed by atoms with Crippen molar-refractivity contribution in [2.75, 3.05) is 79.0 Å². The van der Waals surface area contributed by atoms with Gasteiger partial charge in [-0.3, -0.25) is 38.4 Å². The minimum atomic E-state index is -1.97. The summed E-state index contributed by atoms with van der Waals surface area (Å²) in [5.41, 5.74) is -4.18. The molecule has 0 bridgehead atoms. The number of rotatable bonds is 28. The van der Waals surface area contributed by atoms with E-state index >= 15 is 0 Å². The van der Waals surface area contributed by atoms with E-state index in [2.05, 4.69) is 42.5 Å². The fourth-order valence-corrected chi connectivity index (χ4v) is 24.2. The van der Waals surface area contributed by atoms with Gasteiger partial charge in [0.25, 0.3) is 47.3 Å². The quantitative estimate of drug-likeness (QED) is 0.0283. The Bertz CT molecular complexity index is 3010. The molecule has 20 N–H and O–H groups in total. The van der Waals surface area contributed by atoms with Crippen molar-refractivity contribution < 1.29 is 99.6 Å². The predicted octanol–water partition coefficient (Wildman–Crippen LogP) is 1.45. The van der Waals surface area contributed by atoms with Crippen LogP contribution in [0, 0.1) is 48.3 Å². The zero-order valence-corrected chi connectivity index (χ0v) is 70.4. The maximum atomic E-state index is 14.9. The second-order valence-corrected chi connectivity index (χ2v) is 31.5. The Hall–Kier alpha value is 1.28. The number of aromatic hydroxyl groups is 4. The van der Waals surface area contributed by atoms with Gasteiger partial charge in [0, 0.05) is 45.9 Å². The number of phenolic OH excluding ortho intramolecular Hbond substituents is 4. The van der Waals surface area contributed by atoms with Gasteiger partial charge in [-0.05, 0) is 271 Å². The SMILES string of the molecule is O=C(NCC(CNC(=O)c1c(I)c(O)c(I)c(C(=O)NC(CO)CO)c1I)(CNC(=O)c1c(I)c(O)c(I)c(C(=O)NC(CO)CO)c1I)CNC(=O)c1c(I)c(O)c(I)c(C(=O)NC(CO)CO)c1I)c1c(I)c(O)c(I)c(C(=O)NC(CO)CO)c1I.[NaH]. The Labute approximate surface area is 697 Å². The van der Waals surface area contributed by atoms with Crippen molar-refractivity contribution in [3.05, 3.63) is 87.3 Å². The number of nitrogens with one attached hydrogen (secondary N) is 8.